The van der Waals surface area contributed by atoms with Crippen LogP contribution in [0.3, 0.4) is 0 Å². The third-order valence-corrected chi connectivity index (χ3v) is 9.22. The Morgan fingerprint density at radius 3 is 2.55 bits per heavy atom. The number of benzene rings is 1. The second kappa shape index (κ2) is 12.0. The third-order valence-electron chi connectivity index (χ3n) is 8.18. The lowest BCUT2D eigenvalue weighted by Gasteiger charge is -2.36. The van der Waals surface area contributed by atoms with E-state index in [2.05, 4.69) is 52.4 Å². The van der Waals surface area contributed by atoms with Gasteiger partial charge in [0, 0.05) is 92.2 Å². The van der Waals surface area contributed by atoms with E-state index in [1.54, 1.807) is 30.7 Å². The van der Waals surface area contributed by atoms with E-state index in [1.807, 2.05) is 23.1 Å². The highest BCUT2D eigenvalue weighted by Gasteiger charge is 2.29. The standard InChI is InChI=1S/C31H31N9O3S/c41-26-16-21(6-10-32-26)28-24-17-25(44-31(24)37-36-28)30(43)35-22-7-11-38(18-22)19-27(42)40-14-12-39(13-15-40)23-4-2-20(3-5-23)29-33-8-1-9-34-29/h1-6,8-10,16-17,22H,7,11-15,18-19H2,(H,32,41)(H,35,43)(H,36,37)/t22-/m0/s1. The molecule has 7 rings (SSSR count). The number of H-pyrrole nitrogens is 2. The minimum atomic E-state index is -0.209. The number of carbonyl (C=O) groups is 2. The van der Waals surface area contributed by atoms with E-state index in [-0.39, 0.29) is 23.4 Å². The first kappa shape index (κ1) is 27.9. The Balaban J connectivity index is 0.890. The summed E-state index contributed by atoms with van der Waals surface area (Å²) in [4.78, 5) is 56.9. The van der Waals surface area contributed by atoms with Crippen molar-refractivity contribution in [1.29, 1.82) is 0 Å². The number of hydrogen-bond donors (Lipinski definition) is 3. The molecule has 4 aromatic heterocycles. The molecule has 6 heterocycles. The number of anilines is 1. The van der Waals surface area contributed by atoms with Gasteiger partial charge in [-0.2, -0.15) is 5.10 Å². The molecule has 2 saturated heterocycles. The largest absolute Gasteiger partial charge is 0.368 e. The van der Waals surface area contributed by atoms with E-state index in [0.29, 0.717) is 48.1 Å². The smallest absolute Gasteiger partial charge is 0.261 e. The normalized spacial score (nSPS) is 17.3. The Morgan fingerprint density at radius 1 is 0.977 bits per heavy atom. The van der Waals surface area contributed by atoms with Gasteiger partial charge in [0.25, 0.3) is 5.91 Å². The SMILES string of the molecule is O=C(N[C@H]1CCN(CC(=O)N2CCN(c3ccc(-c4ncccn4)cc3)CC2)C1)c1cc2c(-c3cc[nH]c(=O)c3)n[nH]c2s1. The van der Waals surface area contributed by atoms with E-state index >= 15 is 0 Å². The average molecular weight is 610 g/mol. The number of rotatable bonds is 7. The lowest BCUT2D eigenvalue weighted by Crippen LogP contribution is -2.51. The summed E-state index contributed by atoms with van der Waals surface area (Å²) in [5, 5.41) is 11.2. The molecule has 3 N–H and O–H groups in total. The number of hydrogen-bond acceptors (Lipinski definition) is 9. The summed E-state index contributed by atoms with van der Waals surface area (Å²) < 4.78 is 0. The molecular formula is C31H31N9O3S. The minimum absolute atomic E-state index is 0.0258. The van der Waals surface area contributed by atoms with E-state index in [9.17, 15) is 14.4 Å². The number of amides is 2. The predicted octanol–water partition coefficient (Wildman–Crippen LogP) is 2.59. The molecule has 0 spiro atoms. The average Bonchev–Trinajstić information content (AvgIpc) is 3.78. The number of aromatic amines is 2. The van der Waals surface area contributed by atoms with Crippen LogP contribution in [-0.4, -0.2) is 98.6 Å². The Bertz CT molecular complexity index is 1840. The maximum atomic E-state index is 13.1. The van der Waals surface area contributed by atoms with Crippen molar-refractivity contribution in [2.75, 3.05) is 50.7 Å². The molecule has 0 aliphatic carbocycles. The summed E-state index contributed by atoms with van der Waals surface area (Å²) in [6, 6.07) is 15.1. The Labute approximate surface area is 256 Å². The number of thiophene rings is 1. The van der Waals surface area contributed by atoms with E-state index in [4.69, 9.17) is 0 Å². The lowest BCUT2D eigenvalue weighted by atomic mass is 10.1. The Morgan fingerprint density at radius 2 is 1.77 bits per heavy atom. The van der Waals surface area contributed by atoms with Crippen molar-refractivity contribution >= 4 is 39.1 Å². The van der Waals surface area contributed by atoms with Crippen molar-refractivity contribution in [2.24, 2.45) is 0 Å². The second-order valence-corrected chi connectivity index (χ2v) is 12.1. The fourth-order valence-electron chi connectivity index (χ4n) is 5.87. The van der Waals surface area contributed by atoms with Gasteiger partial charge in [-0.05, 0) is 48.9 Å². The van der Waals surface area contributed by atoms with Crippen LogP contribution >= 0.6 is 11.3 Å². The van der Waals surface area contributed by atoms with Crippen LogP contribution in [0.25, 0.3) is 32.9 Å². The van der Waals surface area contributed by atoms with E-state index in [1.165, 1.54) is 17.4 Å². The van der Waals surface area contributed by atoms with E-state index in [0.717, 1.165) is 47.5 Å². The number of carbonyl (C=O) groups excluding carboxylic acids is 2. The van der Waals surface area contributed by atoms with Gasteiger partial charge in [0.2, 0.25) is 11.5 Å². The van der Waals surface area contributed by atoms with Gasteiger partial charge in [-0.15, -0.1) is 11.3 Å². The molecule has 0 unspecified atom stereocenters. The number of nitrogens with one attached hydrogen (secondary N) is 3. The maximum Gasteiger partial charge on any atom is 0.261 e. The monoisotopic (exact) mass is 609 g/mol. The summed E-state index contributed by atoms with van der Waals surface area (Å²) in [5.41, 5.74) is 3.23. The first-order valence-corrected chi connectivity index (χ1v) is 15.4. The van der Waals surface area contributed by atoms with E-state index < -0.39 is 0 Å². The molecule has 5 aromatic rings. The van der Waals surface area contributed by atoms with Gasteiger partial charge in [0.05, 0.1) is 11.4 Å². The molecule has 0 bridgehead atoms. The summed E-state index contributed by atoms with van der Waals surface area (Å²) in [6.45, 7) is 4.66. The lowest BCUT2D eigenvalue weighted by molar-refractivity contribution is -0.132. The highest BCUT2D eigenvalue weighted by Crippen LogP contribution is 2.32. The zero-order valence-corrected chi connectivity index (χ0v) is 24.7. The molecule has 44 heavy (non-hydrogen) atoms. The van der Waals surface area contributed by atoms with Gasteiger partial charge in [-0.25, -0.2) is 9.97 Å². The molecular weight excluding hydrogens is 578 g/mol. The fraction of sp³-hybridized carbons (Fsp3) is 0.290. The van der Waals surface area contributed by atoms with Crippen molar-refractivity contribution < 1.29 is 9.59 Å². The summed E-state index contributed by atoms with van der Waals surface area (Å²) >= 11 is 1.34. The number of likely N-dealkylation sites (tertiary alicyclic amines) is 1. The zero-order chi connectivity index (χ0) is 30.0. The van der Waals surface area contributed by atoms with Crippen molar-refractivity contribution in [3.8, 4) is 22.6 Å². The molecule has 2 aliphatic rings. The molecule has 2 fully saturated rings. The quantitative estimate of drug-likeness (QED) is 0.256. The van der Waals surface area contributed by atoms with Crippen LogP contribution < -0.4 is 15.8 Å². The van der Waals surface area contributed by atoms with Crippen LogP contribution in [0.15, 0.2) is 71.9 Å². The molecule has 12 nitrogen and oxygen atoms in total. The number of piperazine rings is 1. The zero-order valence-electron chi connectivity index (χ0n) is 23.9. The number of aromatic nitrogens is 5. The Hall–Kier alpha value is -4.88. The van der Waals surface area contributed by atoms with Crippen molar-refractivity contribution in [3.05, 3.63) is 82.4 Å². The van der Waals surface area contributed by atoms with Crippen LogP contribution in [0, 0.1) is 0 Å². The van der Waals surface area contributed by atoms with Crippen molar-refractivity contribution in [1.82, 2.24) is 40.3 Å². The molecule has 2 aliphatic heterocycles. The first-order chi connectivity index (χ1) is 21.5. The highest BCUT2D eigenvalue weighted by molar-refractivity contribution is 7.20. The molecule has 1 aromatic carbocycles. The van der Waals surface area contributed by atoms with Crippen LogP contribution in [0.4, 0.5) is 5.69 Å². The van der Waals surface area contributed by atoms with Gasteiger partial charge in [-0.1, -0.05) is 0 Å². The fourth-order valence-corrected chi connectivity index (χ4v) is 6.77. The van der Waals surface area contributed by atoms with Gasteiger partial charge in [0.1, 0.15) is 10.5 Å². The second-order valence-electron chi connectivity index (χ2n) is 11.0. The van der Waals surface area contributed by atoms with Crippen LogP contribution in [-0.2, 0) is 4.79 Å². The molecule has 1 atom stereocenters. The molecule has 224 valence electrons. The van der Waals surface area contributed by atoms with Gasteiger partial charge in [-0.3, -0.25) is 24.4 Å². The number of fused-ring (bicyclic) bond motifs is 1. The van der Waals surface area contributed by atoms with Crippen molar-refractivity contribution in [2.45, 2.75) is 12.5 Å². The first-order valence-electron chi connectivity index (χ1n) is 14.6. The molecule has 0 saturated carbocycles. The number of nitrogens with zero attached hydrogens (tertiary/aromatic N) is 6. The summed E-state index contributed by atoms with van der Waals surface area (Å²) in [5.74, 6) is 0.688. The predicted molar refractivity (Wildman–Crippen MR) is 169 cm³/mol. The third kappa shape index (κ3) is 5.83. The molecule has 2 amide bonds. The highest BCUT2D eigenvalue weighted by atomic mass is 32.1. The van der Waals surface area contributed by atoms with Gasteiger partial charge in [0.15, 0.2) is 5.82 Å². The minimum Gasteiger partial charge on any atom is -0.368 e. The topological polar surface area (TPSA) is 143 Å². The maximum absolute atomic E-state index is 13.1. The summed E-state index contributed by atoms with van der Waals surface area (Å²) in [7, 11) is 0. The Kier molecular flexibility index (Phi) is 7.62. The molecule has 13 heteroatoms. The van der Waals surface area contributed by atoms with Crippen LogP contribution in [0.1, 0.15) is 16.1 Å². The van der Waals surface area contributed by atoms with Gasteiger partial charge >= 0.3 is 0 Å². The molecule has 0 radical (unpaired) electrons. The summed E-state index contributed by atoms with van der Waals surface area (Å²) in [6.07, 6.45) is 5.85. The van der Waals surface area contributed by atoms with Crippen LogP contribution in [0.5, 0.6) is 0 Å². The van der Waals surface area contributed by atoms with Gasteiger partial charge < -0.3 is 20.1 Å². The number of pyridine rings is 1. The van der Waals surface area contributed by atoms with Crippen LogP contribution in [0.2, 0.25) is 0 Å². The van der Waals surface area contributed by atoms with Crippen molar-refractivity contribution in [3.63, 3.8) is 0 Å².